The Kier molecular flexibility index (Phi) is 10.3. The second kappa shape index (κ2) is 13.8. The van der Waals surface area contributed by atoms with Crippen LogP contribution in [-0.2, 0) is 4.79 Å². The Morgan fingerprint density at radius 1 is 0.949 bits per heavy atom. The zero-order chi connectivity index (χ0) is 28.4. The summed E-state index contributed by atoms with van der Waals surface area (Å²) in [5, 5.41) is 9.40. The minimum Gasteiger partial charge on any atom is -0.497 e. The van der Waals surface area contributed by atoms with Crippen molar-refractivity contribution in [3.8, 4) is 17.2 Å². The lowest BCUT2D eigenvalue weighted by atomic mass is 10.0. The Bertz CT molecular complexity index is 1330. The number of pyridine rings is 1. The molecule has 10 heteroatoms. The van der Waals surface area contributed by atoms with Gasteiger partial charge in [0.1, 0.15) is 23.1 Å². The van der Waals surface area contributed by atoms with Crippen molar-refractivity contribution >= 4 is 34.6 Å². The average Bonchev–Trinajstić information content (AvgIpc) is 2.95. The number of amides is 1. The summed E-state index contributed by atoms with van der Waals surface area (Å²) in [5.74, 6) is 1.35. The van der Waals surface area contributed by atoms with E-state index in [-0.39, 0.29) is 11.7 Å². The summed E-state index contributed by atoms with van der Waals surface area (Å²) in [4.78, 5) is 31.9. The van der Waals surface area contributed by atoms with E-state index >= 15 is 0 Å². The lowest BCUT2D eigenvalue weighted by molar-refractivity contribution is -0.111. The Balaban J connectivity index is 1.91. The first kappa shape index (κ1) is 29.0. The SMILES string of the molecule is C=CC(=O)Nc1cc(Nc2cc(C(=O)c3ccc(OC)cc3OC)ccn2)c(OC)cc1NCCCN(C)C. The molecule has 3 aromatic rings. The largest absolute Gasteiger partial charge is 0.497 e. The van der Waals surface area contributed by atoms with Gasteiger partial charge in [-0.3, -0.25) is 9.59 Å². The van der Waals surface area contributed by atoms with E-state index in [0.717, 1.165) is 13.0 Å². The first-order valence-electron chi connectivity index (χ1n) is 12.3. The molecular formula is C29H35N5O5. The summed E-state index contributed by atoms with van der Waals surface area (Å²) in [6, 6.07) is 11.8. The topological polar surface area (TPSA) is 114 Å². The number of nitrogens with zero attached hydrogens (tertiary/aromatic N) is 2. The van der Waals surface area contributed by atoms with Crippen molar-refractivity contribution in [2.45, 2.75) is 6.42 Å². The molecule has 0 saturated heterocycles. The zero-order valence-electron chi connectivity index (χ0n) is 23.0. The Labute approximate surface area is 229 Å². The summed E-state index contributed by atoms with van der Waals surface area (Å²) in [6.07, 6.45) is 3.66. The van der Waals surface area contributed by atoms with Crippen molar-refractivity contribution in [1.82, 2.24) is 9.88 Å². The van der Waals surface area contributed by atoms with Crippen LogP contribution in [0, 0.1) is 0 Å². The quantitative estimate of drug-likeness (QED) is 0.156. The average molecular weight is 534 g/mol. The fraction of sp³-hybridized carbons (Fsp3) is 0.276. The molecule has 1 aromatic heterocycles. The van der Waals surface area contributed by atoms with Gasteiger partial charge in [0.25, 0.3) is 0 Å². The van der Waals surface area contributed by atoms with Crippen LogP contribution in [0.25, 0.3) is 0 Å². The summed E-state index contributed by atoms with van der Waals surface area (Å²) >= 11 is 0. The van der Waals surface area contributed by atoms with Crippen LogP contribution >= 0.6 is 0 Å². The number of aromatic nitrogens is 1. The molecule has 3 rings (SSSR count). The molecular weight excluding hydrogens is 498 g/mol. The van der Waals surface area contributed by atoms with Crippen LogP contribution in [0.3, 0.4) is 0 Å². The highest BCUT2D eigenvalue weighted by Gasteiger charge is 2.18. The summed E-state index contributed by atoms with van der Waals surface area (Å²) in [6.45, 7) is 5.16. The molecule has 0 saturated carbocycles. The third-order valence-corrected chi connectivity index (χ3v) is 5.82. The maximum atomic E-state index is 13.3. The molecule has 0 unspecified atom stereocenters. The van der Waals surface area contributed by atoms with Crippen molar-refractivity contribution in [1.29, 1.82) is 0 Å². The number of anilines is 4. The number of ketones is 1. The van der Waals surface area contributed by atoms with E-state index in [4.69, 9.17) is 14.2 Å². The minimum absolute atomic E-state index is 0.233. The second-order valence-electron chi connectivity index (χ2n) is 8.83. The first-order chi connectivity index (χ1) is 18.8. The first-order valence-corrected chi connectivity index (χ1v) is 12.3. The maximum absolute atomic E-state index is 13.3. The van der Waals surface area contributed by atoms with E-state index in [0.29, 0.717) is 57.8 Å². The van der Waals surface area contributed by atoms with Gasteiger partial charge in [0.05, 0.1) is 44.0 Å². The van der Waals surface area contributed by atoms with Crippen LogP contribution < -0.4 is 30.2 Å². The normalized spacial score (nSPS) is 10.5. The highest BCUT2D eigenvalue weighted by molar-refractivity contribution is 6.11. The van der Waals surface area contributed by atoms with Crippen molar-refractivity contribution in [3.05, 3.63) is 72.4 Å². The Hall–Kier alpha value is -4.57. The predicted octanol–water partition coefficient (Wildman–Crippen LogP) is 4.57. The summed E-state index contributed by atoms with van der Waals surface area (Å²) in [5.41, 5.74) is 2.61. The third-order valence-electron chi connectivity index (χ3n) is 5.82. The molecule has 0 aliphatic carbocycles. The molecule has 3 N–H and O–H groups in total. The monoisotopic (exact) mass is 533 g/mol. The lowest BCUT2D eigenvalue weighted by Gasteiger charge is -2.18. The number of hydrogen-bond donors (Lipinski definition) is 3. The number of ether oxygens (including phenoxy) is 3. The molecule has 0 atom stereocenters. The fourth-order valence-electron chi connectivity index (χ4n) is 3.82. The molecule has 0 aliphatic heterocycles. The van der Waals surface area contributed by atoms with Gasteiger partial charge in [0.15, 0.2) is 5.78 Å². The lowest BCUT2D eigenvalue weighted by Crippen LogP contribution is -2.17. The van der Waals surface area contributed by atoms with Gasteiger partial charge >= 0.3 is 0 Å². The van der Waals surface area contributed by atoms with Crippen LogP contribution in [0.2, 0.25) is 0 Å². The van der Waals surface area contributed by atoms with Crippen LogP contribution in [0.5, 0.6) is 17.2 Å². The number of hydrogen-bond acceptors (Lipinski definition) is 9. The van der Waals surface area contributed by atoms with E-state index in [1.165, 1.54) is 13.2 Å². The number of rotatable bonds is 14. The molecule has 39 heavy (non-hydrogen) atoms. The molecule has 1 heterocycles. The van der Waals surface area contributed by atoms with Crippen LogP contribution in [0.4, 0.5) is 22.9 Å². The molecule has 1 amide bonds. The molecule has 206 valence electrons. The zero-order valence-corrected chi connectivity index (χ0v) is 23.0. The van der Waals surface area contributed by atoms with E-state index in [2.05, 4.69) is 32.4 Å². The number of carbonyl (C=O) groups excluding carboxylic acids is 2. The molecule has 0 bridgehead atoms. The summed E-state index contributed by atoms with van der Waals surface area (Å²) in [7, 11) is 8.64. The van der Waals surface area contributed by atoms with Crippen molar-refractivity contribution in [2.24, 2.45) is 0 Å². The number of carbonyl (C=O) groups is 2. The Morgan fingerprint density at radius 2 is 1.72 bits per heavy atom. The summed E-state index contributed by atoms with van der Waals surface area (Å²) < 4.78 is 16.3. The van der Waals surface area contributed by atoms with Gasteiger partial charge < -0.3 is 35.1 Å². The second-order valence-corrected chi connectivity index (χ2v) is 8.83. The number of benzene rings is 2. The van der Waals surface area contributed by atoms with E-state index in [9.17, 15) is 9.59 Å². The fourth-order valence-corrected chi connectivity index (χ4v) is 3.82. The van der Waals surface area contributed by atoms with Crippen LogP contribution in [-0.4, -0.2) is 70.1 Å². The van der Waals surface area contributed by atoms with Crippen LogP contribution in [0.15, 0.2) is 61.3 Å². The van der Waals surface area contributed by atoms with Crippen molar-refractivity contribution in [3.63, 3.8) is 0 Å². The van der Waals surface area contributed by atoms with Gasteiger partial charge in [-0.2, -0.15) is 0 Å². The highest BCUT2D eigenvalue weighted by Crippen LogP contribution is 2.37. The van der Waals surface area contributed by atoms with E-state index in [1.54, 1.807) is 62.9 Å². The molecule has 0 aliphatic rings. The molecule has 10 nitrogen and oxygen atoms in total. The molecule has 0 spiro atoms. The Morgan fingerprint density at radius 3 is 2.38 bits per heavy atom. The van der Waals surface area contributed by atoms with Gasteiger partial charge in [-0.25, -0.2) is 4.98 Å². The molecule has 2 aromatic carbocycles. The van der Waals surface area contributed by atoms with E-state index < -0.39 is 0 Å². The van der Waals surface area contributed by atoms with E-state index in [1.807, 2.05) is 14.1 Å². The number of nitrogens with one attached hydrogen (secondary N) is 3. The van der Waals surface area contributed by atoms with Gasteiger partial charge in [-0.05, 0) is 63.5 Å². The van der Waals surface area contributed by atoms with Crippen LogP contribution in [0.1, 0.15) is 22.3 Å². The van der Waals surface area contributed by atoms with Gasteiger partial charge in [0, 0.05) is 30.4 Å². The maximum Gasteiger partial charge on any atom is 0.247 e. The highest BCUT2D eigenvalue weighted by atomic mass is 16.5. The minimum atomic E-state index is -0.346. The van der Waals surface area contributed by atoms with Crippen molar-refractivity contribution in [2.75, 3.05) is 64.5 Å². The third kappa shape index (κ3) is 7.71. The molecule has 0 radical (unpaired) electrons. The standard InChI is InChI=1S/C29H35N5O5/c1-7-28(35)33-23-17-24(26(39-6)18-22(23)30-12-8-14-34(2)3)32-27-15-19(11-13-31-27)29(36)21-10-9-20(37-4)16-25(21)38-5/h7,9-11,13,15-18,30H,1,8,12,14H2,2-6H3,(H,31,32)(H,33,35). The predicted molar refractivity (Wildman–Crippen MR) is 154 cm³/mol. The van der Waals surface area contributed by atoms with Gasteiger partial charge in [-0.1, -0.05) is 6.58 Å². The smallest absolute Gasteiger partial charge is 0.247 e. The van der Waals surface area contributed by atoms with Crippen molar-refractivity contribution < 1.29 is 23.8 Å². The number of methoxy groups -OCH3 is 3. The molecule has 0 fully saturated rings. The van der Waals surface area contributed by atoms with Gasteiger partial charge in [0.2, 0.25) is 5.91 Å². The van der Waals surface area contributed by atoms with Gasteiger partial charge in [-0.15, -0.1) is 0 Å².